The van der Waals surface area contributed by atoms with Crippen LogP contribution in [0.2, 0.25) is 10.0 Å². The number of benzene rings is 2. The molecule has 0 aromatic heterocycles. The molecule has 4 nitrogen and oxygen atoms in total. The molecular weight excluding hydrogens is 419 g/mol. The molecule has 2 aromatic carbocycles. The van der Waals surface area contributed by atoms with Gasteiger partial charge in [0.15, 0.2) is 0 Å². The molecule has 1 aliphatic rings. The minimum Gasteiger partial charge on any atom is -0.352 e. The summed E-state index contributed by atoms with van der Waals surface area (Å²) in [6.07, 6.45) is 1.32. The van der Waals surface area contributed by atoms with Crippen LogP contribution in [0.3, 0.4) is 0 Å². The molecule has 160 valence electrons. The summed E-state index contributed by atoms with van der Waals surface area (Å²) in [4.78, 5) is 27.2. The lowest BCUT2D eigenvalue weighted by molar-refractivity contribution is -0.126. The lowest BCUT2D eigenvalue weighted by Gasteiger charge is -2.31. The fourth-order valence-electron chi connectivity index (χ4n) is 3.63. The summed E-state index contributed by atoms with van der Waals surface area (Å²) < 4.78 is 0. The Bertz CT molecular complexity index is 912. The molecule has 1 aliphatic heterocycles. The van der Waals surface area contributed by atoms with Gasteiger partial charge in [-0.2, -0.15) is 0 Å². The number of nitrogens with one attached hydrogen (secondary N) is 1. The molecule has 1 fully saturated rings. The second-order valence-corrected chi connectivity index (χ2v) is 9.69. The number of carbonyl (C=O) groups is 2. The highest BCUT2D eigenvalue weighted by Crippen LogP contribution is 2.24. The van der Waals surface area contributed by atoms with Gasteiger partial charge in [0.25, 0.3) is 5.91 Å². The van der Waals surface area contributed by atoms with Crippen LogP contribution in [0, 0.1) is 5.92 Å². The van der Waals surface area contributed by atoms with E-state index in [-0.39, 0.29) is 23.1 Å². The van der Waals surface area contributed by atoms with E-state index in [1.54, 1.807) is 12.1 Å². The molecule has 0 bridgehead atoms. The van der Waals surface area contributed by atoms with Crippen LogP contribution < -0.4 is 5.32 Å². The number of likely N-dealkylation sites (tertiary alicyclic amines) is 1. The highest BCUT2D eigenvalue weighted by molar-refractivity contribution is 6.35. The number of halogens is 2. The molecule has 1 N–H and O–H groups in total. The molecule has 1 saturated heterocycles. The SMILES string of the molecule is CC(C)(C)c1ccc(C(=O)N2CCC(C(=O)NCc3ccc(Cl)cc3Cl)CC2)cc1. The van der Waals surface area contributed by atoms with Crippen molar-refractivity contribution in [2.75, 3.05) is 13.1 Å². The predicted molar refractivity (Wildman–Crippen MR) is 122 cm³/mol. The van der Waals surface area contributed by atoms with Gasteiger partial charge in [0.1, 0.15) is 0 Å². The van der Waals surface area contributed by atoms with E-state index in [1.807, 2.05) is 35.2 Å². The average molecular weight is 447 g/mol. The summed E-state index contributed by atoms with van der Waals surface area (Å²) in [5, 5.41) is 4.07. The van der Waals surface area contributed by atoms with Gasteiger partial charge in [-0.05, 0) is 53.6 Å². The fourth-order valence-corrected chi connectivity index (χ4v) is 4.11. The van der Waals surface area contributed by atoms with Crippen molar-refractivity contribution in [3.8, 4) is 0 Å². The van der Waals surface area contributed by atoms with E-state index in [9.17, 15) is 9.59 Å². The van der Waals surface area contributed by atoms with Crippen LogP contribution in [-0.2, 0) is 16.8 Å². The zero-order chi connectivity index (χ0) is 21.9. The van der Waals surface area contributed by atoms with E-state index in [4.69, 9.17) is 23.2 Å². The molecule has 0 spiro atoms. The summed E-state index contributed by atoms with van der Waals surface area (Å²) in [5.74, 6) is -0.0618. The van der Waals surface area contributed by atoms with Crippen molar-refractivity contribution in [3.63, 3.8) is 0 Å². The number of hydrogen-bond acceptors (Lipinski definition) is 2. The Morgan fingerprint density at radius 3 is 2.23 bits per heavy atom. The number of hydrogen-bond donors (Lipinski definition) is 1. The second kappa shape index (κ2) is 9.40. The van der Waals surface area contributed by atoms with Gasteiger partial charge in [-0.25, -0.2) is 0 Å². The molecule has 2 amide bonds. The standard InChI is InChI=1S/C24H28Cl2N2O2/c1-24(2,3)19-7-4-17(5-8-19)23(30)28-12-10-16(11-13-28)22(29)27-15-18-6-9-20(25)14-21(18)26/h4-9,14,16H,10-13,15H2,1-3H3,(H,27,29). The Labute approximate surface area is 188 Å². The van der Waals surface area contributed by atoms with Gasteiger partial charge in [-0.15, -0.1) is 0 Å². The highest BCUT2D eigenvalue weighted by atomic mass is 35.5. The topological polar surface area (TPSA) is 49.4 Å². The lowest BCUT2D eigenvalue weighted by atomic mass is 9.86. The van der Waals surface area contributed by atoms with Crippen molar-refractivity contribution in [1.29, 1.82) is 0 Å². The molecule has 0 unspecified atom stereocenters. The minimum absolute atomic E-state index is 0.00245. The quantitative estimate of drug-likeness (QED) is 0.677. The maximum atomic E-state index is 12.8. The highest BCUT2D eigenvalue weighted by Gasteiger charge is 2.28. The van der Waals surface area contributed by atoms with E-state index < -0.39 is 0 Å². The Kier molecular flexibility index (Phi) is 7.10. The molecule has 0 atom stereocenters. The van der Waals surface area contributed by atoms with E-state index in [0.717, 1.165) is 5.56 Å². The van der Waals surface area contributed by atoms with Crippen LogP contribution in [-0.4, -0.2) is 29.8 Å². The number of piperidine rings is 1. The van der Waals surface area contributed by atoms with Crippen molar-refractivity contribution >= 4 is 35.0 Å². The van der Waals surface area contributed by atoms with E-state index in [2.05, 4.69) is 26.1 Å². The Morgan fingerprint density at radius 2 is 1.67 bits per heavy atom. The summed E-state index contributed by atoms with van der Waals surface area (Å²) in [6.45, 7) is 8.00. The maximum Gasteiger partial charge on any atom is 0.253 e. The third-order valence-electron chi connectivity index (χ3n) is 5.62. The Morgan fingerprint density at radius 1 is 1.03 bits per heavy atom. The van der Waals surface area contributed by atoms with Crippen molar-refractivity contribution in [3.05, 3.63) is 69.2 Å². The van der Waals surface area contributed by atoms with Crippen molar-refractivity contribution < 1.29 is 9.59 Å². The molecule has 0 saturated carbocycles. The number of carbonyl (C=O) groups excluding carboxylic acids is 2. The van der Waals surface area contributed by atoms with E-state index in [0.29, 0.717) is 48.1 Å². The molecule has 30 heavy (non-hydrogen) atoms. The smallest absolute Gasteiger partial charge is 0.253 e. The summed E-state index contributed by atoms with van der Waals surface area (Å²) in [7, 11) is 0. The van der Waals surface area contributed by atoms with Crippen LogP contribution in [0.25, 0.3) is 0 Å². The van der Waals surface area contributed by atoms with Gasteiger partial charge in [-0.1, -0.05) is 62.2 Å². The molecular formula is C24H28Cl2N2O2. The van der Waals surface area contributed by atoms with Crippen LogP contribution in [0.5, 0.6) is 0 Å². The van der Waals surface area contributed by atoms with Gasteiger partial charge in [0.2, 0.25) is 5.91 Å². The third kappa shape index (κ3) is 5.55. The lowest BCUT2D eigenvalue weighted by Crippen LogP contribution is -2.43. The Balaban J connectivity index is 1.51. The summed E-state index contributed by atoms with van der Waals surface area (Å²) in [6, 6.07) is 13.1. The van der Waals surface area contributed by atoms with E-state index >= 15 is 0 Å². The zero-order valence-electron chi connectivity index (χ0n) is 17.7. The molecule has 6 heteroatoms. The molecule has 0 radical (unpaired) electrons. The number of amides is 2. The fraction of sp³-hybridized carbons (Fsp3) is 0.417. The van der Waals surface area contributed by atoms with Crippen molar-refractivity contribution in [2.45, 2.75) is 45.6 Å². The normalized spacial score (nSPS) is 15.2. The third-order valence-corrected chi connectivity index (χ3v) is 6.21. The number of rotatable bonds is 4. The van der Waals surface area contributed by atoms with E-state index in [1.165, 1.54) is 5.56 Å². The minimum atomic E-state index is -0.0941. The second-order valence-electron chi connectivity index (χ2n) is 8.85. The summed E-state index contributed by atoms with van der Waals surface area (Å²) in [5.41, 5.74) is 2.79. The van der Waals surface area contributed by atoms with Gasteiger partial charge >= 0.3 is 0 Å². The van der Waals surface area contributed by atoms with Gasteiger partial charge < -0.3 is 10.2 Å². The Hall–Kier alpha value is -2.04. The first-order valence-electron chi connectivity index (χ1n) is 10.3. The van der Waals surface area contributed by atoms with Crippen molar-refractivity contribution in [1.82, 2.24) is 10.2 Å². The van der Waals surface area contributed by atoms with Gasteiger partial charge in [0.05, 0.1) is 0 Å². The first-order chi connectivity index (χ1) is 14.1. The van der Waals surface area contributed by atoms with Crippen LogP contribution in [0.4, 0.5) is 0 Å². The van der Waals surface area contributed by atoms with Gasteiger partial charge in [-0.3, -0.25) is 9.59 Å². The van der Waals surface area contributed by atoms with Gasteiger partial charge in [0, 0.05) is 41.2 Å². The molecule has 0 aliphatic carbocycles. The predicted octanol–water partition coefficient (Wildman–Crippen LogP) is 5.46. The van der Waals surface area contributed by atoms with Crippen molar-refractivity contribution in [2.24, 2.45) is 5.92 Å². The zero-order valence-corrected chi connectivity index (χ0v) is 19.2. The number of nitrogens with zero attached hydrogens (tertiary/aromatic N) is 1. The van der Waals surface area contributed by atoms with Crippen LogP contribution in [0.15, 0.2) is 42.5 Å². The summed E-state index contributed by atoms with van der Waals surface area (Å²) >= 11 is 12.1. The average Bonchev–Trinajstić information content (AvgIpc) is 2.72. The van der Waals surface area contributed by atoms with Crippen LogP contribution >= 0.6 is 23.2 Å². The monoisotopic (exact) mass is 446 g/mol. The maximum absolute atomic E-state index is 12.8. The molecule has 3 rings (SSSR count). The first kappa shape index (κ1) is 22.6. The molecule has 1 heterocycles. The largest absolute Gasteiger partial charge is 0.352 e. The molecule has 2 aromatic rings. The first-order valence-corrected chi connectivity index (χ1v) is 11.0. The van der Waals surface area contributed by atoms with Crippen LogP contribution in [0.1, 0.15) is 55.1 Å².